The van der Waals surface area contributed by atoms with Crippen molar-refractivity contribution in [2.24, 2.45) is 11.7 Å². The molecule has 132 valence electrons. The van der Waals surface area contributed by atoms with Crippen molar-refractivity contribution in [2.45, 2.75) is 18.9 Å². The lowest BCUT2D eigenvalue weighted by Crippen LogP contribution is -2.39. The first kappa shape index (κ1) is 17.4. The summed E-state index contributed by atoms with van der Waals surface area (Å²) < 4.78 is 19.3. The number of rotatable bonds is 5. The van der Waals surface area contributed by atoms with Crippen LogP contribution in [0.2, 0.25) is 0 Å². The third kappa shape index (κ3) is 3.82. The summed E-state index contributed by atoms with van der Waals surface area (Å²) in [5.41, 5.74) is 7.12. The summed E-state index contributed by atoms with van der Waals surface area (Å²) in [6, 6.07) is 16.2. The Labute approximate surface area is 147 Å². The van der Waals surface area contributed by atoms with Gasteiger partial charge in [-0.05, 0) is 37.1 Å². The van der Waals surface area contributed by atoms with E-state index in [1.807, 2.05) is 18.2 Å². The summed E-state index contributed by atoms with van der Waals surface area (Å²) in [5, 5.41) is 0. The first-order valence-electron chi connectivity index (χ1n) is 8.55. The van der Waals surface area contributed by atoms with Crippen LogP contribution in [0.15, 0.2) is 54.6 Å². The Bertz CT molecular complexity index is 723. The zero-order valence-corrected chi connectivity index (χ0v) is 14.3. The molecule has 0 aromatic heterocycles. The fraction of sp³-hybridized carbons (Fsp3) is 0.350. The highest BCUT2D eigenvalue weighted by Gasteiger charge is 2.37. The number of amides is 1. The lowest BCUT2D eigenvalue weighted by molar-refractivity contribution is -0.137. The van der Waals surface area contributed by atoms with Crippen LogP contribution in [0.1, 0.15) is 18.4 Å². The molecule has 2 N–H and O–H groups in total. The summed E-state index contributed by atoms with van der Waals surface area (Å²) in [4.78, 5) is 14.5. The molecular formula is C20H23FN2O2. The zero-order valence-electron chi connectivity index (χ0n) is 14.3. The van der Waals surface area contributed by atoms with Crippen molar-refractivity contribution in [2.75, 3.05) is 19.6 Å². The smallest absolute Gasteiger partial charge is 0.263 e. The monoisotopic (exact) mass is 342 g/mol. The second kappa shape index (κ2) is 7.66. The molecule has 0 bridgehead atoms. The van der Waals surface area contributed by atoms with Gasteiger partial charge in [0.2, 0.25) is 0 Å². The number of nitrogens with two attached hydrogens (primary N) is 1. The molecule has 3 atom stereocenters. The van der Waals surface area contributed by atoms with Gasteiger partial charge in [-0.1, -0.05) is 42.5 Å². The summed E-state index contributed by atoms with van der Waals surface area (Å²) in [5.74, 6) is -0.0777. The Hall–Kier alpha value is -2.40. The van der Waals surface area contributed by atoms with Crippen molar-refractivity contribution >= 4 is 5.91 Å². The van der Waals surface area contributed by atoms with Crippen LogP contribution in [0.4, 0.5) is 4.39 Å². The highest BCUT2D eigenvalue weighted by molar-refractivity contribution is 5.81. The molecule has 1 heterocycles. The van der Waals surface area contributed by atoms with E-state index in [0.717, 1.165) is 0 Å². The van der Waals surface area contributed by atoms with Gasteiger partial charge in [-0.3, -0.25) is 4.79 Å². The van der Waals surface area contributed by atoms with Crippen molar-refractivity contribution in [3.05, 3.63) is 66.0 Å². The largest absolute Gasteiger partial charge is 0.478 e. The average Bonchev–Trinajstić information content (AvgIpc) is 3.08. The van der Waals surface area contributed by atoms with Gasteiger partial charge in [0.25, 0.3) is 5.91 Å². The average molecular weight is 342 g/mol. The minimum atomic E-state index is -0.746. The Balaban J connectivity index is 1.69. The number of likely N-dealkylation sites (tertiary alicyclic amines) is 1. The third-order valence-corrected chi connectivity index (χ3v) is 4.77. The van der Waals surface area contributed by atoms with Crippen LogP contribution in [0.3, 0.4) is 0 Å². The quantitative estimate of drug-likeness (QED) is 0.909. The van der Waals surface area contributed by atoms with E-state index in [2.05, 4.69) is 12.1 Å². The second-order valence-corrected chi connectivity index (χ2v) is 6.45. The predicted molar refractivity (Wildman–Crippen MR) is 94.8 cm³/mol. The molecule has 1 saturated heterocycles. The van der Waals surface area contributed by atoms with Gasteiger partial charge in [-0.25, -0.2) is 4.39 Å². The SMILES string of the molecule is CC(Oc1ccccc1F)C(=O)N1C[C@@H](CN)[C@H](c2ccccc2)C1. The molecule has 25 heavy (non-hydrogen) atoms. The summed E-state index contributed by atoms with van der Waals surface area (Å²) in [7, 11) is 0. The number of benzene rings is 2. The highest BCUT2D eigenvalue weighted by atomic mass is 19.1. The summed E-state index contributed by atoms with van der Waals surface area (Å²) >= 11 is 0. The lowest BCUT2D eigenvalue weighted by atomic mass is 9.89. The van der Waals surface area contributed by atoms with Gasteiger partial charge in [0.05, 0.1) is 0 Å². The Kier molecular flexibility index (Phi) is 5.34. The van der Waals surface area contributed by atoms with Gasteiger partial charge >= 0.3 is 0 Å². The van der Waals surface area contributed by atoms with E-state index in [0.29, 0.717) is 19.6 Å². The maximum Gasteiger partial charge on any atom is 0.263 e. The van der Waals surface area contributed by atoms with Crippen LogP contribution >= 0.6 is 0 Å². The third-order valence-electron chi connectivity index (χ3n) is 4.77. The predicted octanol–water partition coefficient (Wildman–Crippen LogP) is 2.79. The number of hydrogen-bond acceptors (Lipinski definition) is 3. The number of halogens is 1. The standard InChI is InChI=1S/C20H23FN2O2/c1-14(25-19-10-6-5-9-18(19)21)20(24)23-12-16(11-22)17(13-23)15-7-3-2-4-8-15/h2-10,14,16-17H,11-13,22H2,1H3/t14?,16-,17+/m1/s1. The van der Waals surface area contributed by atoms with Crippen molar-refractivity contribution < 1.29 is 13.9 Å². The molecule has 3 rings (SSSR count). The van der Waals surface area contributed by atoms with Crippen LogP contribution in [0.5, 0.6) is 5.75 Å². The Morgan fingerprint density at radius 3 is 2.56 bits per heavy atom. The van der Waals surface area contributed by atoms with Crippen LogP contribution in [0.25, 0.3) is 0 Å². The van der Waals surface area contributed by atoms with Gasteiger partial charge < -0.3 is 15.4 Å². The highest BCUT2D eigenvalue weighted by Crippen LogP contribution is 2.32. The molecular weight excluding hydrogens is 319 g/mol. The Morgan fingerprint density at radius 1 is 1.20 bits per heavy atom. The van der Waals surface area contributed by atoms with Crippen molar-refractivity contribution in [3.63, 3.8) is 0 Å². The van der Waals surface area contributed by atoms with Crippen molar-refractivity contribution in [3.8, 4) is 5.75 Å². The van der Waals surface area contributed by atoms with Crippen LogP contribution in [-0.4, -0.2) is 36.5 Å². The number of carbonyl (C=O) groups is 1. The van der Waals surface area contributed by atoms with Gasteiger partial charge in [-0.15, -0.1) is 0 Å². The van der Waals surface area contributed by atoms with E-state index in [1.54, 1.807) is 24.0 Å². The molecule has 1 fully saturated rings. The first-order valence-corrected chi connectivity index (χ1v) is 8.55. The molecule has 0 radical (unpaired) electrons. The van der Waals surface area contributed by atoms with Gasteiger partial charge in [-0.2, -0.15) is 0 Å². The Morgan fingerprint density at radius 2 is 1.88 bits per heavy atom. The van der Waals surface area contributed by atoms with Crippen molar-refractivity contribution in [1.29, 1.82) is 0 Å². The van der Waals surface area contributed by atoms with E-state index >= 15 is 0 Å². The normalized spacial score (nSPS) is 21.2. The number of nitrogens with zero attached hydrogens (tertiary/aromatic N) is 1. The molecule has 1 aliphatic rings. The molecule has 1 aliphatic heterocycles. The maximum absolute atomic E-state index is 13.7. The molecule has 0 saturated carbocycles. The minimum absolute atomic E-state index is 0.0949. The number of para-hydroxylation sites is 1. The second-order valence-electron chi connectivity index (χ2n) is 6.45. The molecule has 1 unspecified atom stereocenters. The fourth-order valence-electron chi connectivity index (χ4n) is 3.41. The molecule has 0 spiro atoms. The number of carbonyl (C=O) groups excluding carboxylic acids is 1. The van der Waals surface area contributed by atoms with Gasteiger partial charge in [0.1, 0.15) is 0 Å². The van der Waals surface area contributed by atoms with Gasteiger partial charge in [0, 0.05) is 19.0 Å². The maximum atomic E-state index is 13.7. The topological polar surface area (TPSA) is 55.6 Å². The fourth-order valence-corrected chi connectivity index (χ4v) is 3.41. The molecule has 1 amide bonds. The summed E-state index contributed by atoms with van der Waals surface area (Å²) in [6.45, 7) is 3.38. The van der Waals surface area contributed by atoms with E-state index in [1.165, 1.54) is 17.7 Å². The molecule has 0 aliphatic carbocycles. The van der Waals surface area contributed by atoms with Crippen LogP contribution < -0.4 is 10.5 Å². The molecule has 2 aromatic carbocycles. The minimum Gasteiger partial charge on any atom is -0.478 e. The van der Waals surface area contributed by atoms with E-state index < -0.39 is 11.9 Å². The van der Waals surface area contributed by atoms with Gasteiger partial charge in [0.15, 0.2) is 17.7 Å². The lowest BCUT2D eigenvalue weighted by Gasteiger charge is -2.22. The van der Waals surface area contributed by atoms with E-state index in [9.17, 15) is 9.18 Å². The number of ether oxygens (including phenoxy) is 1. The van der Waals surface area contributed by atoms with E-state index in [4.69, 9.17) is 10.5 Å². The van der Waals surface area contributed by atoms with Crippen molar-refractivity contribution in [1.82, 2.24) is 4.90 Å². The summed E-state index contributed by atoms with van der Waals surface area (Å²) in [6.07, 6.45) is -0.746. The van der Waals surface area contributed by atoms with Crippen LogP contribution in [-0.2, 0) is 4.79 Å². The first-order chi connectivity index (χ1) is 12.1. The molecule has 5 heteroatoms. The number of hydrogen-bond donors (Lipinski definition) is 1. The molecule has 2 aromatic rings. The zero-order chi connectivity index (χ0) is 17.8. The molecule has 4 nitrogen and oxygen atoms in total. The van der Waals surface area contributed by atoms with E-state index in [-0.39, 0.29) is 23.5 Å². The van der Waals surface area contributed by atoms with Crippen LogP contribution in [0, 0.1) is 11.7 Å².